The van der Waals surface area contributed by atoms with Crippen molar-refractivity contribution in [2.45, 2.75) is 43.4 Å². The van der Waals surface area contributed by atoms with Gasteiger partial charge < -0.3 is 53.4 Å². The molecule has 1 unspecified atom stereocenters. The van der Waals surface area contributed by atoms with Crippen LogP contribution in [0.1, 0.15) is 19.3 Å². The molecule has 12 N–H and O–H groups in total. The number of hydrogen-bond acceptors (Lipinski definition) is 10. The standard InChI is InChI=1S/C20H32N8O11S/c21-20(22)23-3-1-2-9-16(34)24-5-13(30)25-10(4-15(32)33)17(35)28-12(19(37)38)7-40(39)8-14(31)26-11(6-29)18(36)27-9/h9-12,29H,1-8H2,(H,24,34)(H,25,30)(H,26,31)(H,27,36)(H,28,35)(H,32,33)(H,37,38)(H4,21,22,23)/t9-,10-,11-,12-,40?/m0/s1. The van der Waals surface area contributed by atoms with E-state index >= 15 is 0 Å². The molecule has 0 spiro atoms. The molecule has 5 amide bonds. The normalized spacial score (nSPS) is 25.5. The Hall–Kier alpha value is -4.33. The maximum atomic E-state index is 12.8. The molecule has 1 heterocycles. The van der Waals surface area contributed by atoms with E-state index in [1.807, 2.05) is 5.32 Å². The summed E-state index contributed by atoms with van der Waals surface area (Å²) < 4.78 is 12.4. The number of rotatable bonds is 8. The number of carboxylic acid groups (broad SMARTS) is 2. The fraction of sp³-hybridized carbons (Fsp3) is 0.600. The van der Waals surface area contributed by atoms with Crippen LogP contribution >= 0.6 is 0 Å². The van der Waals surface area contributed by atoms with E-state index in [1.54, 1.807) is 0 Å². The zero-order valence-electron chi connectivity index (χ0n) is 21.1. The van der Waals surface area contributed by atoms with Gasteiger partial charge in [-0.15, -0.1) is 0 Å². The van der Waals surface area contributed by atoms with Crippen molar-refractivity contribution in [2.24, 2.45) is 16.5 Å². The van der Waals surface area contributed by atoms with Gasteiger partial charge in [0.25, 0.3) is 0 Å². The number of guanidine groups is 1. The first-order chi connectivity index (χ1) is 18.7. The monoisotopic (exact) mass is 592 g/mol. The predicted octanol–water partition coefficient (Wildman–Crippen LogP) is -6.59. The maximum Gasteiger partial charge on any atom is 0.327 e. The molecular weight excluding hydrogens is 560 g/mol. The van der Waals surface area contributed by atoms with Crippen LogP contribution in [0.2, 0.25) is 0 Å². The average Bonchev–Trinajstić information content (AvgIpc) is 2.85. The van der Waals surface area contributed by atoms with E-state index in [1.165, 1.54) is 0 Å². The first-order valence-corrected chi connectivity index (χ1v) is 13.1. The summed E-state index contributed by atoms with van der Waals surface area (Å²) in [5, 5.41) is 38.7. The fourth-order valence-corrected chi connectivity index (χ4v) is 4.32. The van der Waals surface area contributed by atoms with Gasteiger partial charge in [-0.2, -0.15) is 0 Å². The lowest BCUT2D eigenvalue weighted by Crippen LogP contribution is -2.57. The number of carbonyl (C=O) groups excluding carboxylic acids is 5. The van der Waals surface area contributed by atoms with Crippen molar-refractivity contribution in [3.8, 4) is 0 Å². The van der Waals surface area contributed by atoms with Crippen LogP contribution in [0, 0.1) is 0 Å². The molecule has 0 radical (unpaired) electrons. The number of hydrogen-bond donors (Lipinski definition) is 10. The van der Waals surface area contributed by atoms with Gasteiger partial charge in [0.15, 0.2) is 5.96 Å². The van der Waals surface area contributed by atoms with Crippen molar-refractivity contribution < 1.29 is 53.1 Å². The van der Waals surface area contributed by atoms with E-state index in [0.717, 1.165) is 0 Å². The molecule has 0 aromatic heterocycles. The minimum Gasteiger partial charge on any atom is -0.481 e. The number of nitrogens with zero attached hydrogens (tertiary/aromatic N) is 1. The van der Waals surface area contributed by atoms with E-state index < -0.39 is 108 Å². The summed E-state index contributed by atoms with van der Waals surface area (Å²) in [6, 6.07) is -6.53. The number of carboxylic acids is 2. The van der Waals surface area contributed by atoms with Crippen molar-refractivity contribution in [2.75, 3.05) is 31.2 Å². The van der Waals surface area contributed by atoms with Crippen molar-refractivity contribution in [1.29, 1.82) is 0 Å². The summed E-state index contributed by atoms with van der Waals surface area (Å²) in [4.78, 5) is 89.2. The average molecular weight is 593 g/mol. The predicted molar refractivity (Wildman–Crippen MR) is 135 cm³/mol. The number of aliphatic imine (C=N–C) groups is 1. The molecule has 5 atom stereocenters. The number of nitrogens with one attached hydrogen (secondary N) is 5. The zero-order chi connectivity index (χ0) is 30.4. The van der Waals surface area contributed by atoms with Crippen molar-refractivity contribution in [1.82, 2.24) is 26.6 Å². The van der Waals surface area contributed by atoms with Gasteiger partial charge in [-0.3, -0.25) is 38.0 Å². The van der Waals surface area contributed by atoms with E-state index in [4.69, 9.17) is 16.6 Å². The lowest BCUT2D eigenvalue weighted by Gasteiger charge is -2.23. The first kappa shape index (κ1) is 33.7. The maximum absolute atomic E-state index is 12.8. The molecule has 1 aliphatic rings. The van der Waals surface area contributed by atoms with Crippen LogP contribution < -0.4 is 38.1 Å². The highest BCUT2D eigenvalue weighted by molar-refractivity contribution is 7.85. The number of carbonyl (C=O) groups is 7. The van der Waals surface area contributed by atoms with Crippen LogP contribution in [-0.2, 0) is 44.4 Å². The van der Waals surface area contributed by atoms with Crippen molar-refractivity contribution in [3.63, 3.8) is 0 Å². The molecule has 0 aromatic carbocycles. The number of nitrogens with two attached hydrogens (primary N) is 2. The fourth-order valence-electron chi connectivity index (χ4n) is 3.23. The largest absolute Gasteiger partial charge is 0.481 e. The van der Waals surface area contributed by atoms with E-state index in [9.17, 15) is 48.0 Å². The molecule has 1 rings (SSSR count). The Balaban J connectivity index is 3.26. The molecule has 1 saturated heterocycles. The van der Waals surface area contributed by atoms with Gasteiger partial charge in [0, 0.05) is 17.3 Å². The Morgan fingerprint density at radius 2 is 1.52 bits per heavy atom. The minimum atomic E-state index is -2.22. The van der Waals surface area contributed by atoms with Gasteiger partial charge in [-0.05, 0) is 12.8 Å². The second-order valence-corrected chi connectivity index (χ2v) is 9.90. The van der Waals surface area contributed by atoms with Crippen molar-refractivity contribution in [3.05, 3.63) is 0 Å². The Morgan fingerprint density at radius 1 is 0.900 bits per heavy atom. The quantitative estimate of drug-likeness (QED) is 0.0712. The molecule has 20 heteroatoms. The Kier molecular flexibility index (Phi) is 14.0. The second-order valence-electron chi connectivity index (χ2n) is 8.40. The van der Waals surface area contributed by atoms with Gasteiger partial charge in [-0.25, -0.2) is 4.79 Å². The summed E-state index contributed by atoms with van der Waals surface area (Å²) in [5.74, 6) is -10.2. The molecule has 40 heavy (non-hydrogen) atoms. The summed E-state index contributed by atoms with van der Waals surface area (Å²) in [7, 11) is -2.22. The highest BCUT2D eigenvalue weighted by Crippen LogP contribution is 2.02. The van der Waals surface area contributed by atoms with E-state index in [0.29, 0.717) is 0 Å². The molecule has 0 aromatic rings. The number of aliphatic hydroxyl groups is 1. The molecule has 0 bridgehead atoms. The van der Waals surface area contributed by atoms with E-state index in [2.05, 4.69) is 26.3 Å². The van der Waals surface area contributed by atoms with Gasteiger partial charge in [0.05, 0.1) is 25.3 Å². The second kappa shape index (κ2) is 16.6. The SMILES string of the molecule is NC(N)=NCCC[C@@H]1NC(=O)[C@H](CO)NC(=O)CS(=O)C[C@@H](C(=O)O)NC(=O)[C@H](CC(=O)O)NC(=O)CNC1=O. The molecule has 1 aliphatic heterocycles. The van der Waals surface area contributed by atoms with E-state index in [-0.39, 0.29) is 25.3 Å². The number of aliphatic carboxylic acids is 2. The minimum absolute atomic E-state index is 0.0628. The lowest BCUT2D eigenvalue weighted by atomic mass is 10.1. The van der Waals surface area contributed by atoms with Crippen molar-refractivity contribution >= 4 is 58.2 Å². The molecule has 0 saturated carbocycles. The molecule has 0 aliphatic carbocycles. The lowest BCUT2D eigenvalue weighted by molar-refractivity contribution is -0.143. The summed E-state index contributed by atoms with van der Waals surface area (Å²) >= 11 is 0. The van der Waals surface area contributed by atoms with Crippen LogP contribution in [0.5, 0.6) is 0 Å². The molecule has 19 nitrogen and oxygen atoms in total. The summed E-state index contributed by atoms with van der Waals surface area (Å²) in [6.45, 7) is -1.64. The van der Waals surface area contributed by atoms with Gasteiger partial charge in [0.1, 0.15) is 29.9 Å². The molecule has 224 valence electrons. The van der Waals surface area contributed by atoms with Crippen LogP contribution in [0.15, 0.2) is 4.99 Å². The van der Waals surface area contributed by atoms with Gasteiger partial charge in [-0.1, -0.05) is 0 Å². The topological polar surface area (TPSA) is 322 Å². The Morgan fingerprint density at radius 3 is 2.10 bits per heavy atom. The third-order valence-corrected chi connectivity index (χ3v) is 6.41. The summed E-state index contributed by atoms with van der Waals surface area (Å²) in [6.07, 6.45) is -0.856. The zero-order valence-corrected chi connectivity index (χ0v) is 21.9. The third-order valence-electron chi connectivity index (χ3n) is 5.13. The van der Waals surface area contributed by atoms with Gasteiger partial charge >= 0.3 is 11.9 Å². The Bertz CT molecular complexity index is 1050. The summed E-state index contributed by atoms with van der Waals surface area (Å²) in [5.41, 5.74) is 10.5. The van der Waals surface area contributed by atoms with Crippen LogP contribution in [0.4, 0.5) is 0 Å². The highest BCUT2D eigenvalue weighted by Gasteiger charge is 2.31. The molecule has 1 fully saturated rings. The highest BCUT2D eigenvalue weighted by atomic mass is 32.2. The third kappa shape index (κ3) is 12.5. The van der Waals surface area contributed by atoms with Gasteiger partial charge in [0.2, 0.25) is 29.5 Å². The van der Waals surface area contributed by atoms with Crippen LogP contribution in [-0.4, -0.2) is 122 Å². The smallest absolute Gasteiger partial charge is 0.327 e. The number of amides is 5. The first-order valence-electron chi connectivity index (χ1n) is 11.7. The van der Waals surface area contributed by atoms with Crippen LogP contribution in [0.25, 0.3) is 0 Å². The molecular formula is C20H32N8O11S. The number of aliphatic hydroxyl groups excluding tert-OH is 1. The Labute approximate surface area is 229 Å². The van der Waals surface area contributed by atoms with Crippen LogP contribution in [0.3, 0.4) is 0 Å².